The zero-order valence-electron chi connectivity index (χ0n) is 11.3. The molecule has 3 nitrogen and oxygen atoms in total. The third kappa shape index (κ3) is 2.48. The molecule has 2 heterocycles. The Morgan fingerprint density at radius 3 is 3.11 bits per heavy atom. The van der Waals surface area contributed by atoms with Gasteiger partial charge in [-0.25, -0.2) is 0 Å². The minimum atomic E-state index is 0.353. The molecule has 0 saturated carbocycles. The van der Waals surface area contributed by atoms with Crippen molar-refractivity contribution < 1.29 is 4.74 Å². The number of fused-ring (bicyclic) bond motifs is 1. The molecule has 1 aliphatic rings. The van der Waals surface area contributed by atoms with E-state index in [1.54, 1.807) is 0 Å². The van der Waals surface area contributed by atoms with E-state index < -0.39 is 0 Å². The van der Waals surface area contributed by atoms with Crippen LogP contribution < -0.4 is 5.32 Å². The van der Waals surface area contributed by atoms with Gasteiger partial charge in [0.2, 0.25) is 0 Å². The lowest BCUT2D eigenvalue weighted by atomic mass is 9.87. The molecule has 2 atom stereocenters. The summed E-state index contributed by atoms with van der Waals surface area (Å²) >= 11 is 0. The van der Waals surface area contributed by atoms with E-state index in [0.29, 0.717) is 12.0 Å². The second-order valence-electron chi connectivity index (χ2n) is 5.19. The number of benzene rings is 1. The highest BCUT2D eigenvalue weighted by Gasteiger charge is 2.25. The molecule has 3 rings (SSSR count). The minimum absolute atomic E-state index is 0.353. The first-order valence-electron chi connectivity index (χ1n) is 6.98. The summed E-state index contributed by atoms with van der Waals surface area (Å²) in [5.41, 5.74) is 1.36. The summed E-state index contributed by atoms with van der Waals surface area (Å²) in [7, 11) is 2.04. The molecule has 0 amide bonds. The molecule has 0 bridgehead atoms. The van der Waals surface area contributed by atoms with Gasteiger partial charge in [-0.2, -0.15) is 0 Å². The van der Waals surface area contributed by atoms with Gasteiger partial charge in [-0.15, -0.1) is 0 Å². The fourth-order valence-electron chi connectivity index (χ4n) is 3.09. The highest BCUT2D eigenvalue weighted by atomic mass is 16.5. The Morgan fingerprint density at radius 1 is 1.37 bits per heavy atom. The summed E-state index contributed by atoms with van der Waals surface area (Å²) in [4.78, 5) is 4.21. The van der Waals surface area contributed by atoms with E-state index in [2.05, 4.69) is 34.6 Å². The van der Waals surface area contributed by atoms with Gasteiger partial charge in [0.05, 0.1) is 6.61 Å². The van der Waals surface area contributed by atoms with Crippen molar-refractivity contribution in [1.82, 2.24) is 10.3 Å². The summed E-state index contributed by atoms with van der Waals surface area (Å²) in [5, 5.41) is 5.98. The molecule has 1 N–H and O–H groups in total. The van der Waals surface area contributed by atoms with Gasteiger partial charge in [0.15, 0.2) is 0 Å². The van der Waals surface area contributed by atoms with E-state index in [1.165, 1.54) is 22.8 Å². The summed E-state index contributed by atoms with van der Waals surface area (Å²) in [5.74, 6) is 0.553. The molecular formula is C16H20N2O. The van der Waals surface area contributed by atoms with Gasteiger partial charge < -0.3 is 10.1 Å². The largest absolute Gasteiger partial charge is 0.381 e. The van der Waals surface area contributed by atoms with Crippen LogP contribution in [-0.2, 0) is 4.74 Å². The van der Waals surface area contributed by atoms with Crippen molar-refractivity contribution in [3.05, 3.63) is 42.2 Å². The molecule has 19 heavy (non-hydrogen) atoms. The fraction of sp³-hybridized carbons (Fsp3) is 0.438. The van der Waals surface area contributed by atoms with Crippen LogP contribution in [0.25, 0.3) is 10.8 Å². The van der Waals surface area contributed by atoms with Crippen LogP contribution in [0.4, 0.5) is 0 Å². The maximum absolute atomic E-state index is 5.65. The Balaban J connectivity index is 2.00. The van der Waals surface area contributed by atoms with E-state index in [4.69, 9.17) is 4.74 Å². The number of nitrogens with zero attached hydrogens (tertiary/aromatic N) is 1. The number of rotatable bonds is 3. The quantitative estimate of drug-likeness (QED) is 0.917. The lowest BCUT2D eigenvalue weighted by Gasteiger charge is -2.31. The first-order valence-corrected chi connectivity index (χ1v) is 6.98. The lowest BCUT2D eigenvalue weighted by Crippen LogP contribution is -2.31. The van der Waals surface area contributed by atoms with Crippen LogP contribution in [0.3, 0.4) is 0 Å². The Morgan fingerprint density at radius 2 is 2.32 bits per heavy atom. The average molecular weight is 256 g/mol. The Bertz CT molecular complexity index is 544. The molecule has 1 aromatic carbocycles. The number of aromatic nitrogens is 1. The minimum Gasteiger partial charge on any atom is -0.381 e. The highest BCUT2D eigenvalue weighted by Crippen LogP contribution is 2.32. The van der Waals surface area contributed by atoms with E-state index in [1.807, 2.05) is 19.4 Å². The van der Waals surface area contributed by atoms with Crippen molar-refractivity contribution in [2.45, 2.75) is 18.9 Å². The van der Waals surface area contributed by atoms with E-state index in [9.17, 15) is 0 Å². The Hall–Kier alpha value is -1.45. The topological polar surface area (TPSA) is 34.2 Å². The number of hydrogen-bond acceptors (Lipinski definition) is 3. The number of ether oxygens (including phenoxy) is 1. The van der Waals surface area contributed by atoms with Crippen molar-refractivity contribution in [3.63, 3.8) is 0 Å². The molecule has 0 spiro atoms. The molecule has 0 radical (unpaired) electrons. The Labute approximate surface area is 114 Å². The van der Waals surface area contributed by atoms with Crippen LogP contribution in [0.1, 0.15) is 24.4 Å². The van der Waals surface area contributed by atoms with Gasteiger partial charge >= 0.3 is 0 Å². The summed E-state index contributed by atoms with van der Waals surface area (Å²) in [6.45, 7) is 1.76. The van der Waals surface area contributed by atoms with Gasteiger partial charge in [0, 0.05) is 36.3 Å². The molecule has 2 unspecified atom stereocenters. The van der Waals surface area contributed by atoms with Gasteiger partial charge in [-0.05, 0) is 36.9 Å². The van der Waals surface area contributed by atoms with Crippen LogP contribution in [-0.4, -0.2) is 25.2 Å². The zero-order chi connectivity index (χ0) is 13.1. The van der Waals surface area contributed by atoms with Crippen molar-refractivity contribution in [2.24, 2.45) is 5.92 Å². The van der Waals surface area contributed by atoms with Gasteiger partial charge in [-0.1, -0.05) is 18.2 Å². The predicted octanol–water partition coefficient (Wildman–Crippen LogP) is 2.92. The van der Waals surface area contributed by atoms with Gasteiger partial charge in [0.1, 0.15) is 0 Å². The zero-order valence-corrected chi connectivity index (χ0v) is 11.3. The molecular weight excluding hydrogens is 236 g/mol. The maximum atomic E-state index is 5.65. The third-order valence-electron chi connectivity index (χ3n) is 4.03. The molecule has 1 aliphatic heterocycles. The fourth-order valence-corrected chi connectivity index (χ4v) is 3.09. The number of pyridine rings is 1. The van der Waals surface area contributed by atoms with E-state index in [-0.39, 0.29) is 0 Å². The predicted molar refractivity (Wildman–Crippen MR) is 77.1 cm³/mol. The van der Waals surface area contributed by atoms with Crippen LogP contribution in [0.2, 0.25) is 0 Å². The van der Waals surface area contributed by atoms with Crippen molar-refractivity contribution >= 4 is 10.8 Å². The first kappa shape index (κ1) is 12.6. The van der Waals surface area contributed by atoms with Gasteiger partial charge in [0.25, 0.3) is 0 Å². The standard InChI is InChI=1S/C16H20N2O/c1-17-16(13-5-3-9-19-11-13)15-6-2-4-12-10-18-8-7-14(12)15/h2,4,6-8,10,13,16-17H,3,5,9,11H2,1H3. The van der Waals surface area contributed by atoms with Crippen LogP contribution >= 0.6 is 0 Å². The smallest absolute Gasteiger partial charge is 0.0512 e. The van der Waals surface area contributed by atoms with Crippen LogP contribution in [0, 0.1) is 5.92 Å². The number of nitrogens with one attached hydrogen (secondary N) is 1. The first-order chi connectivity index (χ1) is 9.40. The van der Waals surface area contributed by atoms with Crippen molar-refractivity contribution in [2.75, 3.05) is 20.3 Å². The summed E-state index contributed by atoms with van der Waals surface area (Å²) in [6, 6.07) is 8.92. The second-order valence-corrected chi connectivity index (χ2v) is 5.19. The molecule has 1 aromatic heterocycles. The van der Waals surface area contributed by atoms with Crippen LogP contribution in [0.5, 0.6) is 0 Å². The molecule has 100 valence electrons. The molecule has 1 fully saturated rings. The van der Waals surface area contributed by atoms with E-state index in [0.717, 1.165) is 19.6 Å². The summed E-state index contributed by atoms with van der Waals surface area (Å²) < 4.78 is 5.65. The number of hydrogen-bond donors (Lipinski definition) is 1. The van der Waals surface area contributed by atoms with Crippen molar-refractivity contribution in [1.29, 1.82) is 0 Å². The van der Waals surface area contributed by atoms with Crippen molar-refractivity contribution in [3.8, 4) is 0 Å². The normalized spacial score (nSPS) is 21.4. The molecule has 1 saturated heterocycles. The molecule has 0 aliphatic carbocycles. The van der Waals surface area contributed by atoms with Crippen LogP contribution in [0.15, 0.2) is 36.7 Å². The second kappa shape index (κ2) is 5.68. The molecule has 3 heteroatoms. The van der Waals surface area contributed by atoms with E-state index >= 15 is 0 Å². The maximum Gasteiger partial charge on any atom is 0.0512 e. The summed E-state index contributed by atoms with van der Waals surface area (Å²) in [6.07, 6.45) is 6.20. The Kier molecular flexibility index (Phi) is 3.76. The molecule has 2 aromatic rings. The average Bonchev–Trinajstić information content (AvgIpc) is 2.49. The lowest BCUT2D eigenvalue weighted by molar-refractivity contribution is 0.0404. The third-order valence-corrected chi connectivity index (χ3v) is 4.03. The highest BCUT2D eigenvalue weighted by molar-refractivity contribution is 5.85. The monoisotopic (exact) mass is 256 g/mol. The SMILES string of the molecule is CNC(c1cccc2cnccc12)C1CCCOC1. The van der Waals surface area contributed by atoms with Gasteiger partial charge in [-0.3, -0.25) is 4.98 Å².